The summed E-state index contributed by atoms with van der Waals surface area (Å²) in [7, 11) is 0. The first-order chi connectivity index (χ1) is 13.2. The van der Waals surface area contributed by atoms with Crippen LogP contribution < -0.4 is 5.32 Å². The maximum Gasteiger partial charge on any atom is 0.238 e. The van der Waals surface area contributed by atoms with Gasteiger partial charge in [-0.25, -0.2) is 9.67 Å². The number of carbonyl (C=O) groups is 1. The molecule has 0 atom stereocenters. The molecule has 3 rings (SSSR count). The summed E-state index contributed by atoms with van der Waals surface area (Å²) in [5.41, 5.74) is 1.18. The maximum absolute atomic E-state index is 12.6. The Morgan fingerprint density at radius 3 is 3.00 bits per heavy atom. The highest BCUT2D eigenvalue weighted by Gasteiger charge is 2.15. The predicted molar refractivity (Wildman–Crippen MR) is 99.2 cm³/mol. The number of nitrogens with one attached hydrogen (secondary N) is 1. The minimum Gasteiger partial charge on any atom is -0.468 e. The SMILES string of the molecule is N#CCCN(CC(=O)Nc1cc(Cl)ccc1-n1cncn1)Cc1ccco1. The first kappa shape index (κ1) is 18.6. The summed E-state index contributed by atoms with van der Waals surface area (Å²) < 4.78 is 6.88. The van der Waals surface area contributed by atoms with E-state index in [0.29, 0.717) is 35.9 Å². The minimum atomic E-state index is -0.233. The molecule has 0 spiro atoms. The van der Waals surface area contributed by atoms with Crippen molar-refractivity contribution >= 4 is 23.2 Å². The van der Waals surface area contributed by atoms with Gasteiger partial charge >= 0.3 is 0 Å². The van der Waals surface area contributed by atoms with E-state index < -0.39 is 0 Å². The van der Waals surface area contributed by atoms with Crippen LogP contribution in [0.4, 0.5) is 5.69 Å². The fourth-order valence-corrected chi connectivity index (χ4v) is 2.75. The molecule has 0 fully saturated rings. The van der Waals surface area contributed by atoms with E-state index in [0.717, 1.165) is 5.76 Å². The predicted octanol–water partition coefficient (Wildman–Crippen LogP) is 2.87. The molecule has 0 unspecified atom stereocenters. The number of nitrogens with zero attached hydrogens (tertiary/aromatic N) is 5. The second-order valence-electron chi connectivity index (χ2n) is 5.75. The quantitative estimate of drug-likeness (QED) is 0.641. The molecular weight excluding hydrogens is 368 g/mol. The topological polar surface area (TPSA) is 100.0 Å². The summed E-state index contributed by atoms with van der Waals surface area (Å²) in [6.07, 6.45) is 4.84. The molecule has 2 heterocycles. The molecule has 0 saturated heterocycles. The lowest BCUT2D eigenvalue weighted by Gasteiger charge is -2.20. The van der Waals surface area contributed by atoms with Crippen molar-refractivity contribution in [1.82, 2.24) is 19.7 Å². The Hall–Kier alpha value is -3.15. The van der Waals surface area contributed by atoms with Crippen molar-refractivity contribution in [1.29, 1.82) is 5.26 Å². The normalized spacial score (nSPS) is 10.7. The van der Waals surface area contributed by atoms with Gasteiger partial charge in [0.2, 0.25) is 5.91 Å². The van der Waals surface area contributed by atoms with E-state index in [2.05, 4.69) is 21.5 Å². The second kappa shape index (κ2) is 8.98. The molecule has 1 aromatic carbocycles. The number of benzene rings is 1. The third-order valence-electron chi connectivity index (χ3n) is 3.76. The number of furan rings is 1. The van der Waals surface area contributed by atoms with Crippen LogP contribution in [0.2, 0.25) is 5.02 Å². The van der Waals surface area contributed by atoms with Crippen molar-refractivity contribution < 1.29 is 9.21 Å². The maximum atomic E-state index is 12.6. The van der Waals surface area contributed by atoms with Gasteiger partial charge in [0.05, 0.1) is 36.8 Å². The highest BCUT2D eigenvalue weighted by Crippen LogP contribution is 2.24. The molecule has 1 N–H and O–H groups in total. The van der Waals surface area contributed by atoms with Crippen molar-refractivity contribution in [2.45, 2.75) is 13.0 Å². The average molecular weight is 385 g/mol. The van der Waals surface area contributed by atoms with Crippen molar-refractivity contribution in [3.8, 4) is 11.8 Å². The molecule has 0 aliphatic rings. The molecule has 8 nitrogen and oxygen atoms in total. The number of halogens is 1. The lowest BCUT2D eigenvalue weighted by atomic mass is 10.2. The van der Waals surface area contributed by atoms with Gasteiger partial charge in [-0.2, -0.15) is 10.4 Å². The van der Waals surface area contributed by atoms with Crippen LogP contribution in [0.5, 0.6) is 0 Å². The molecular formula is C18H17ClN6O2. The number of aromatic nitrogens is 3. The van der Waals surface area contributed by atoms with Gasteiger partial charge in [-0.1, -0.05) is 11.6 Å². The smallest absolute Gasteiger partial charge is 0.238 e. The zero-order valence-corrected chi connectivity index (χ0v) is 15.1. The zero-order valence-electron chi connectivity index (χ0n) is 14.4. The molecule has 1 amide bonds. The Morgan fingerprint density at radius 1 is 1.41 bits per heavy atom. The number of anilines is 1. The first-order valence-corrected chi connectivity index (χ1v) is 8.59. The van der Waals surface area contributed by atoms with Crippen LogP contribution in [-0.2, 0) is 11.3 Å². The van der Waals surface area contributed by atoms with Crippen LogP contribution >= 0.6 is 11.6 Å². The summed E-state index contributed by atoms with van der Waals surface area (Å²) in [6.45, 7) is 0.995. The number of nitriles is 1. The molecule has 3 aromatic rings. The molecule has 0 aliphatic heterocycles. The molecule has 0 radical (unpaired) electrons. The highest BCUT2D eigenvalue weighted by molar-refractivity contribution is 6.31. The van der Waals surface area contributed by atoms with E-state index in [4.69, 9.17) is 21.3 Å². The Kier molecular flexibility index (Phi) is 6.20. The third kappa shape index (κ3) is 5.17. The van der Waals surface area contributed by atoms with Gasteiger partial charge < -0.3 is 9.73 Å². The Balaban J connectivity index is 1.72. The fraction of sp³-hybridized carbons (Fsp3) is 0.222. The second-order valence-corrected chi connectivity index (χ2v) is 6.18. The van der Waals surface area contributed by atoms with Gasteiger partial charge in [0.1, 0.15) is 18.4 Å². The van der Waals surface area contributed by atoms with E-state index in [1.54, 1.807) is 35.2 Å². The van der Waals surface area contributed by atoms with Crippen LogP contribution in [0, 0.1) is 11.3 Å². The van der Waals surface area contributed by atoms with Gasteiger partial charge in [-0.05, 0) is 30.3 Å². The average Bonchev–Trinajstić information content (AvgIpc) is 3.33. The molecule has 0 saturated carbocycles. The number of carbonyl (C=O) groups excluding carboxylic acids is 1. The molecule has 0 aliphatic carbocycles. The number of hydrogen-bond donors (Lipinski definition) is 1. The van der Waals surface area contributed by atoms with Crippen molar-refractivity contribution in [2.24, 2.45) is 0 Å². The molecule has 138 valence electrons. The molecule has 0 bridgehead atoms. The van der Waals surface area contributed by atoms with Crippen LogP contribution in [0.1, 0.15) is 12.2 Å². The van der Waals surface area contributed by atoms with Gasteiger partial charge in [0.25, 0.3) is 0 Å². The van der Waals surface area contributed by atoms with Gasteiger partial charge in [0.15, 0.2) is 0 Å². The lowest BCUT2D eigenvalue weighted by molar-refractivity contribution is -0.117. The van der Waals surface area contributed by atoms with Crippen molar-refractivity contribution in [3.05, 3.63) is 60.0 Å². The Morgan fingerprint density at radius 2 is 2.30 bits per heavy atom. The van der Waals surface area contributed by atoms with Crippen LogP contribution in [-0.4, -0.2) is 38.7 Å². The van der Waals surface area contributed by atoms with Gasteiger partial charge in [-0.3, -0.25) is 9.69 Å². The number of hydrogen-bond acceptors (Lipinski definition) is 6. The zero-order chi connectivity index (χ0) is 19.1. The van der Waals surface area contributed by atoms with E-state index in [-0.39, 0.29) is 12.5 Å². The monoisotopic (exact) mass is 384 g/mol. The summed E-state index contributed by atoms with van der Waals surface area (Å²) in [4.78, 5) is 18.4. The molecule has 9 heteroatoms. The lowest BCUT2D eigenvalue weighted by Crippen LogP contribution is -2.33. The largest absolute Gasteiger partial charge is 0.468 e. The third-order valence-corrected chi connectivity index (χ3v) is 4.00. The van der Waals surface area contributed by atoms with Crippen LogP contribution in [0.3, 0.4) is 0 Å². The molecule has 2 aromatic heterocycles. The minimum absolute atomic E-state index is 0.103. The standard InChI is InChI=1S/C18H17ClN6O2/c19-14-4-5-17(25-13-21-12-22-25)16(9-14)23-18(26)11-24(7-2-6-20)10-15-3-1-8-27-15/h1,3-5,8-9,12-13H,2,7,10-11H2,(H,23,26). The van der Waals surface area contributed by atoms with Gasteiger partial charge in [0, 0.05) is 18.0 Å². The summed E-state index contributed by atoms with van der Waals surface area (Å²) >= 11 is 6.08. The van der Waals surface area contributed by atoms with Crippen LogP contribution in [0.25, 0.3) is 5.69 Å². The first-order valence-electron chi connectivity index (χ1n) is 8.22. The summed E-state index contributed by atoms with van der Waals surface area (Å²) in [6, 6.07) is 10.8. The molecule has 27 heavy (non-hydrogen) atoms. The van der Waals surface area contributed by atoms with Crippen molar-refractivity contribution in [2.75, 3.05) is 18.4 Å². The van der Waals surface area contributed by atoms with E-state index in [1.807, 2.05) is 11.0 Å². The van der Waals surface area contributed by atoms with Gasteiger partial charge in [-0.15, -0.1) is 0 Å². The van der Waals surface area contributed by atoms with E-state index >= 15 is 0 Å². The van der Waals surface area contributed by atoms with E-state index in [1.165, 1.54) is 12.7 Å². The summed E-state index contributed by atoms with van der Waals surface area (Å²) in [5, 5.41) is 16.3. The summed E-state index contributed by atoms with van der Waals surface area (Å²) in [5.74, 6) is 0.495. The Labute approximate surface area is 161 Å². The Bertz CT molecular complexity index is 918. The number of rotatable bonds is 8. The van der Waals surface area contributed by atoms with Crippen LogP contribution in [0.15, 0.2) is 53.7 Å². The highest BCUT2D eigenvalue weighted by atomic mass is 35.5. The van der Waals surface area contributed by atoms with E-state index in [9.17, 15) is 4.79 Å². The fourth-order valence-electron chi connectivity index (χ4n) is 2.58. The van der Waals surface area contributed by atoms with Crippen molar-refractivity contribution in [3.63, 3.8) is 0 Å². The number of amides is 1.